The van der Waals surface area contributed by atoms with Crippen molar-refractivity contribution in [2.24, 2.45) is 0 Å². The quantitative estimate of drug-likeness (QED) is 0.466. The van der Waals surface area contributed by atoms with Gasteiger partial charge in [-0.05, 0) is 37.3 Å². The number of hydrogen-bond donors (Lipinski definition) is 0. The normalized spacial score (nSPS) is 11.1. The molecule has 0 saturated heterocycles. The monoisotopic (exact) mass is 413 g/mol. The lowest BCUT2D eigenvalue weighted by Gasteiger charge is -2.14. The average molecular weight is 414 g/mol. The SMILES string of the molecule is Cc1nc(C(=O)Cc2nc3ccc(F)cc3c(=O)n2-c2ccccc2Cl)cs1. The maximum absolute atomic E-state index is 13.7. The van der Waals surface area contributed by atoms with Gasteiger partial charge in [-0.1, -0.05) is 23.7 Å². The highest BCUT2D eigenvalue weighted by molar-refractivity contribution is 7.09. The number of rotatable bonds is 4. The number of nitrogens with zero attached hydrogens (tertiary/aromatic N) is 3. The summed E-state index contributed by atoms with van der Waals surface area (Å²) in [5.41, 5.74) is 0.522. The molecular weight excluding hydrogens is 401 g/mol. The number of fused-ring (bicyclic) bond motifs is 1. The number of ketones is 1. The molecule has 8 heteroatoms. The van der Waals surface area contributed by atoms with Gasteiger partial charge in [-0.25, -0.2) is 14.4 Å². The molecule has 140 valence electrons. The van der Waals surface area contributed by atoms with E-state index in [1.165, 1.54) is 28.0 Å². The zero-order valence-corrected chi connectivity index (χ0v) is 16.2. The fraction of sp³-hybridized carbons (Fsp3) is 0.100. The highest BCUT2D eigenvalue weighted by Gasteiger charge is 2.19. The second-order valence-corrected chi connectivity index (χ2v) is 7.60. The molecule has 0 aliphatic rings. The van der Waals surface area contributed by atoms with Crippen molar-refractivity contribution in [2.75, 3.05) is 0 Å². The van der Waals surface area contributed by atoms with E-state index in [0.29, 0.717) is 21.9 Å². The molecule has 0 spiro atoms. The van der Waals surface area contributed by atoms with E-state index in [4.69, 9.17) is 11.6 Å². The van der Waals surface area contributed by atoms with Crippen LogP contribution in [0, 0.1) is 12.7 Å². The minimum Gasteiger partial charge on any atom is -0.292 e. The molecule has 4 rings (SSSR count). The first-order valence-corrected chi connectivity index (χ1v) is 9.61. The summed E-state index contributed by atoms with van der Waals surface area (Å²) in [6.45, 7) is 1.81. The summed E-state index contributed by atoms with van der Waals surface area (Å²) in [4.78, 5) is 34.5. The number of thiazole rings is 1. The molecule has 0 fully saturated rings. The molecule has 0 amide bonds. The van der Waals surface area contributed by atoms with Crippen LogP contribution in [0.3, 0.4) is 0 Å². The molecule has 0 bridgehead atoms. The number of aryl methyl sites for hydroxylation is 1. The maximum atomic E-state index is 13.7. The largest absolute Gasteiger partial charge is 0.292 e. The number of aromatic nitrogens is 3. The van der Waals surface area contributed by atoms with Crippen LogP contribution in [0.1, 0.15) is 21.3 Å². The van der Waals surface area contributed by atoms with Gasteiger partial charge in [0.2, 0.25) is 0 Å². The lowest BCUT2D eigenvalue weighted by Crippen LogP contribution is -2.26. The first-order valence-electron chi connectivity index (χ1n) is 8.35. The third-order valence-electron chi connectivity index (χ3n) is 4.22. The van der Waals surface area contributed by atoms with Gasteiger partial charge in [-0.2, -0.15) is 0 Å². The van der Waals surface area contributed by atoms with E-state index >= 15 is 0 Å². The van der Waals surface area contributed by atoms with Gasteiger partial charge in [0.1, 0.15) is 17.3 Å². The molecule has 2 aromatic heterocycles. The zero-order chi connectivity index (χ0) is 19.8. The van der Waals surface area contributed by atoms with Crippen molar-refractivity contribution in [1.82, 2.24) is 14.5 Å². The van der Waals surface area contributed by atoms with Crippen molar-refractivity contribution in [3.8, 4) is 5.69 Å². The predicted molar refractivity (Wildman–Crippen MR) is 107 cm³/mol. The smallest absolute Gasteiger partial charge is 0.266 e. The van der Waals surface area contributed by atoms with Crippen LogP contribution >= 0.6 is 22.9 Å². The van der Waals surface area contributed by atoms with E-state index in [1.807, 2.05) is 6.92 Å². The molecule has 0 N–H and O–H groups in total. The van der Waals surface area contributed by atoms with Crippen molar-refractivity contribution in [2.45, 2.75) is 13.3 Å². The number of Topliss-reactive ketones (excluding diaryl/α,β-unsaturated/α-hetero) is 1. The Kier molecular flexibility index (Phi) is 4.78. The molecule has 0 unspecified atom stereocenters. The van der Waals surface area contributed by atoms with Crippen LogP contribution in [0.4, 0.5) is 4.39 Å². The van der Waals surface area contributed by atoms with E-state index in [9.17, 15) is 14.0 Å². The summed E-state index contributed by atoms with van der Waals surface area (Å²) >= 11 is 7.65. The van der Waals surface area contributed by atoms with Crippen LogP contribution in [0.2, 0.25) is 5.02 Å². The fourth-order valence-electron chi connectivity index (χ4n) is 2.93. The zero-order valence-electron chi connectivity index (χ0n) is 14.6. The summed E-state index contributed by atoms with van der Waals surface area (Å²) in [6.07, 6.45) is -0.142. The molecule has 0 radical (unpaired) electrons. The van der Waals surface area contributed by atoms with Crippen LogP contribution < -0.4 is 5.56 Å². The topological polar surface area (TPSA) is 64.8 Å². The van der Waals surface area contributed by atoms with Crippen LogP contribution in [0.25, 0.3) is 16.6 Å². The lowest BCUT2D eigenvalue weighted by molar-refractivity contribution is 0.0986. The molecule has 0 aliphatic heterocycles. The molecule has 0 atom stereocenters. The van der Waals surface area contributed by atoms with Gasteiger partial charge in [0.25, 0.3) is 5.56 Å². The molecule has 0 saturated carbocycles. The second kappa shape index (κ2) is 7.26. The van der Waals surface area contributed by atoms with Crippen molar-refractivity contribution < 1.29 is 9.18 Å². The van der Waals surface area contributed by atoms with Crippen LogP contribution in [-0.2, 0) is 6.42 Å². The Morgan fingerprint density at radius 2 is 2.00 bits per heavy atom. The summed E-state index contributed by atoms with van der Waals surface area (Å²) < 4.78 is 15.0. The summed E-state index contributed by atoms with van der Waals surface area (Å²) in [7, 11) is 0. The van der Waals surface area contributed by atoms with Gasteiger partial charge in [-0.15, -0.1) is 11.3 Å². The minimum atomic E-state index is -0.543. The maximum Gasteiger partial charge on any atom is 0.266 e. The lowest BCUT2D eigenvalue weighted by atomic mass is 10.1. The van der Waals surface area contributed by atoms with Gasteiger partial charge in [0.05, 0.1) is 33.0 Å². The Morgan fingerprint density at radius 1 is 1.21 bits per heavy atom. The average Bonchev–Trinajstić information content (AvgIpc) is 3.10. The van der Waals surface area contributed by atoms with Crippen molar-refractivity contribution in [1.29, 1.82) is 0 Å². The second-order valence-electron chi connectivity index (χ2n) is 6.13. The molecule has 0 aliphatic carbocycles. The Hall–Kier alpha value is -2.90. The Morgan fingerprint density at radius 3 is 2.71 bits per heavy atom. The number of carbonyl (C=O) groups is 1. The molecule has 2 heterocycles. The highest BCUT2D eigenvalue weighted by Crippen LogP contribution is 2.22. The summed E-state index contributed by atoms with van der Waals surface area (Å²) in [6, 6.07) is 10.5. The van der Waals surface area contributed by atoms with Gasteiger partial charge >= 0.3 is 0 Å². The summed E-state index contributed by atoms with van der Waals surface area (Å²) in [5, 5.41) is 2.88. The Bertz CT molecular complexity index is 1280. The summed E-state index contributed by atoms with van der Waals surface area (Å²) in [5.74, 6) is -0.592. The van der Waals surface area contributed by atoms with Crippen molar-refractivity contribution >= 4 is 39.6 Å². The number of halogens is 2. The van der Waals surface area contributed by atoms with Gasteiger partial charge in [-0.3, -0.25) is 14.2 Å². The van der Waals surface area contributed by atoms with E-state index in [1.54, 1.807) is 29.6 Å². The number of benzene rings is 2. The third kappa shape index (κ3) is 3.34. The first-order chi connectivity index (χ1) is 13.4. The minimum absolute atomic E-state index is 0.112. The van der Waals surface area contributed by atoms with Gasteiger partial charge < -0.3 is 0 Å². The fourth-order valence-corrected chi connectivity index (χ4v) is 3.77. The molecule has 2 aromatic carbocycles. The number of carbonyl (C=O) groups excluding carboxylic acids is 1. The van der Waals surface area contributed by atoms with Crippen molar-refractivity contribution in [3.05, 3.63) is 85.6 Å². The van der Waals surface area contributed by atoms with Crippen molar-refractivity contribution in [3.63, 3.8) is 0 Å². The van der Waals surface area contributed by atoms with E-state index < -0.39 is 11.4 Å². The number of hydrogen-bond acceptors (Lipinski definition) is 5. The van der Waals surface area contributed by atoms with Crippen LogP contribution in [0.5, 0.6) is 0 Å². The highest BCUT2D eigenvalue weighted by atomic mass is 35.5. The Labute approximate surface area is 168 Å². The van der Waals surface area contributed by atoms with Gasteiger partial charge in [0, 0.05) is 5.38 Å². The van der Waals surface area contributed by atoms with Crippen LogP contribution in [-0.4, -0.2) is 20.3 Å². The van der Waals surface area contributed by atoms with Crippen LogP contribution in [0.15, 0.2) is 52.6 Å². The first kappa shape index (κ1) is 18.5. The Balaban J connectivity index is 1.94. The van der Waals surface area contributed by atoms with Gasteiger partial charge in [0.15, 0.2) is 5.78 Å². The molecular formula is C20H13ClFN3O2S. The molecule has 4 aromatic rings. The predicted octanol–water partition coefficient (Wildman–Crippen LogP) is 4.37. The molecule has 5 nitrogen and oxygen atoms in total. The molecule has 28 heavy (non-hydrogen) atoms. The van der Waals surface area contributed by atoms with E-state index in [-0.39, 0.29) is 23.4 Å². The third-order valence-corrected chi connectivity index (χ3v) is 5.31. The standard InChI is InChI=1S/C20H13ClFN3O2S/c1-11-23-16(10-28-11)18(26)9-19-24-15-7-6-12(22)8-13(15)20(27)25(19)17-5-3-2-4-14(17)21/h2-8,10H,9H2,1H3. The number of para-hydroxylation sites is 1. The van der Waals surface area contributed by atoms with E-state index in [2.05, 4.69) is 9.97 Å². The van der Waals surface area contributed by atoms with E-state index in [0.717, 1.165) is 11.1 Å².